The molecule has 0 aromatic carbocycles. The summed E-state index contributed by atoms with van der Waals surface area (Å²) in [5, 5.41) is 2.96. The Morgan fingerprint density at radius 3 is 2.62 bits per heavy atom. The van der Waals surface area contributed by atoms with Gasteiger partial charge in [-0.2, -0.15) is 0 Å². The van der Waals surface area contributed by atoms with E-state index in [0.717, 1.165) is 30.9 Å². The van der Waals surface area contributed by atoms with Crippen LogP contribution < -0.4 is 10.2 Å². The zero-order valence-electron chi connectivity index (χ0n) is 14.3. The molecule has 1 aliphatic heterocycles. The Morgan fingerprint density at radius 1 is 1.25 bits per heavy atom. The number of hydrogen-bond donors (Lipinski definition) is 1. The normalized spacial score (nSPS) is 29.8. The Kier molecular flexibility index (Phi) is 3.60. The number of carbonyl (C=O) groups excluding carboxylic acids is 2. The molecule has 128 valence electrons. The number of pyridine rings is 1. The predicted molar refractivity (Wildman–Crippen MR) is 90.4 cm³/mol. The molecule has 0 unspecified atom stereocenters. The van der Waals surface area contributed by atoms with Crippen LogP contribution in [0.5, 0.6) is 0 Å². The average Bonchev–Trinajstić information content (AvgIpc) is 2.68. The van der Waals surface area contributed by atoms with Crippen molar-refractivity contribution in [2.75, 3.05) is 19.0 Å². The van der Waals surface area contributed by atoms with E-state index in [-0.39, 0.29) is 11.9 Å². The maximum absolute atomic E-state index is 12.9. The van der Waals surface area contributed by atoms with Gasteiger partial charge in [0.05, 0.1) is 11.9 Å². The Hall–Kier alpha value is -1.95. The fourth-order valence-electron chi connectivity index (χ4n) is 4.26. The van der Waals surface area contributed by atoms with Crippen molar-refractivity contribution in [1.82, 2.24) is 15.2 Å². The molecule has 4 rings (SSSR count). The third-order valence-electron chi connectivity index (χ3n) is 5.74. The van der Waals surface area contributed by atoms with Crippen LogP contribution >= 0.6 is 0 Å². The van der Waals surface area contributed by atoms with Gasteiger partial charge < -0.3 is 10.2 Å². The molecule has 0 atom stereocenters. The summed E-state index contributed by atoms with van der Waals surface area (Å²) in [5.41, 5.74) is 0.898. The number of nitrogens with one attached hydrogen (secondary N) is 1. The highest BCUT2D eigenvalue weighted by molar-refractivity contribution is 6.23. The second kappa shape index (κ2) is 5.55. The van der Waals surface area contributed by atoms with Crippen LogP contribution in [0.4, 0.5) is 10.5 Å². The molecule has 3 aliphatic rings. The molecule has 2 aliphatic carbocycles. The first kappa shape index (κ1) is 15.6. The summed E-state index contributed by atoms with van der Waals surface area (Å²) in [6.07, 6.45) is 8.83. The summed E-state index contributed by atoms with van der Waals surface area (Å²) < 4.78 is 0. The number of anilines is 1. The first-order valence-corrected chi connectivity index (χ1v) is 8.74. The zero-order valence-corrected chi connectivity index (χ0v) is 14.3. The Balaban J connectivity index is 1.52. The van der Waals surface area contributed by atoms with E-state index in [2.05, 4.69) is 10.3 Å². The number of carbonyl (C=O) groups is 2. The van der Waals surface area contributed by atoms with Crippen LogP contribution in [0.15, 0.2) is 18.5 Å². The van der Waals surface area contributed by atoms with Gasteiger partial charge in [0.2, 0.25) is 0 Å². The molecule has 3 amide bonds. The first-order valence-electron chi connectivity index (χ1n) is 8.74. The molecule has 0 radical (unpaired) electrons. The van der Waals surface area contributed by atoms with Crippen molar-refractivity contribution in [3.63, 3.8) is 0 Å². The van der Waals surface area contributed by atoms with E-state index in [1.165, 1.54) is 24.2 Å². The minimum absolute atomic E-state index is 0.105. The molecule has 1 aromatic rings. The van der Waals surface area contributed by atoms with E-state index >= 15 is 0 Å². The predicted octanol–water partition coefficient (Wildman–Crippen LogP) is 2.15. The highest BCUT2D eigenvalue weighted by Gasteiger charge is 2.60. The lowest BCUT2D eigenvalue weighted by Gasteiger charge is -2.49. The van der Waals surface area contributed by atoms with Crippen LogP contribution in [0.25, 0.3) is 0 Å². The molecule has 24 heavy (non-hydrogen) atoms. The number of aromatic nitrogens is 1. The lowest BCUT2D eigenvalue weighted by Crippen LogP contribution is -2.59. The van der Waals surface area contributed by atoms with E-state index in [9.17, 15) is 9.59 Å². The Morgan fingerprint density at radius 2 is 2.00 bits per heavy atom. The first-order chi connectivity index (χ1) is 11.5. The minimum atomic E-state index is -0.658. The fraction of sp³-hybridized carbons (Fsp3) is 0.611. The topological polar surface area (TPSA) is 65.5 Å². The van der Waals surface area contributed by atoms with Gasteiger partial charge in [0.15, 0.2) is 0 Å². The smallest absolute Gasteiger partial charge is 0.323 e. The van der Waals surface area contributed by atoms with Crippen LogP contribution in [0.1, 0.15) is 37.7 Å². The molecule has 2 saturated carbocycles. The SMILES string of the molecule is CN(C)Cc1cncc(N2C(=O)NC3(CC(C4CCC4)C3)C2=O)c1. The number of imide groups is 1. The van der Waals surface area contributed by atoms with Gasteiger partial charge in [0.25, 0.3) is 5.91 Å². The number of amides is 3. The van der Waals surface area contributed by atoms with Crippen LogP contribution in [0, 0.1) is 11.8 Å². The summed E-state index contributed by atoms with van der Waals surface area (Å²) in [6, 6.07) is 1.57. The van der Waals surface area contributed by atoms with E-state index in [0.29, 0.717) is 11.6 Å². The third-order valence-corrected chi connectivity index (χ3v) is 5.74. The van der Waals surface area contributed by atoms with Crippen molar-refractivity contribution < 1.29 is 9.59 Å². The molecule has 3 fully saturated rings. The van der Waals surface area contributed by atoms with Crippen molar-refractivity contribution in [1.29, 1.82) is 0 Å². The number of nitrogens with zero attached hydrogens (tertiary/aromatic N) is 3. The van der Waals surface area contributed by atoms with Crippen molar-refractivity contribution >= 4 is 17.6 Å². The summed E-state index contributed by atoms with van der Waals surface area (Å²) >= 11 is 0. The minimum Gasteiger partial charge on any atom is -0.323 e. The van der Waals surface area contributed by atoms with Gasteiger partial charge in [-0.25, -0.2) is 9.69 Å². The maximum Gasteiger partial charge on any atom is 0.329 e. The monoisotopic (exact) mass is 328 g/mol. The molecule has 2 heterocycles. The largest absolute Gasteiger partial charge is 0.329 e. The van der Waals surface area contributed by atoms with Crippen LogP contribution in [0.3, 0.4) is 0 Å². The molecular weight excluding hydrogens is 304 g/mol. The van der Waals surface area contributed by atoms with Crippen LogP contribution in [-0.2, 0) is 11.3 Å². The fourth-order valence-corrected chi connectivity index (χ4v) is 4.26. The van der Waals surface area contributed by atoms with Crippen LogP contribution in [-0.4, -0.2) is 41.5 Å². The van der Waals surface area contributed by atoms with Gasteiger partial charge in [-0.3, -0.25) is 9.78 Å². The third kappa shape index (κ3) is 2.40. The van der Waals surface area contributed by atoms with Crippen molar-refractivity contribution in [2.24, 2.45) is 11.8 Å². The molecule has 0 bridgehead atoms. The molecule has 1 saturated heterocycles. The van der Waals surface area contributed by atoms with Crippen molar-refractivity contribution in [2.45, 2.75) is 44.2 Å². The van der Waals surface area contributed by atoms with Crippen molar-refractivity contribution in [3.8, 4) is 0 Å². The number of hydrogen-bond acceptors (Lipinski definition) is 4. The van der Waals surface area contributed by atoms with Gasteiger partial charge in [-0.1, -0.05) is 19.3 Å². The molecule has 6 nitrogen and oxygen atoms in total. The Bertz CT molecular complexity index is 677. The Labute approximate surface area is 142 Å². The average molecular weight is 328 g/mol. The van der Waals surface area contributed by atoms with Gasteiger partial charge >= 0.3 is 6.03 Å². The van der Waals surface area contributed by atoms with E-state index in [4.69, 9.17) is 0 Å². The van der Waals surface area contributed by atoms with Crippen molar-refractivity contribution in [3.05, 3.63) is 24.0 Å². The maximum atomic E-state index is 12.9. The van der Waals surface area contributed by atoms with Crippen LogP contribution in [0.2, 0.25) is 0 Å². The standard InChI is InChI=1S/C18H24N4O2/c1-21(2)11-12-6-15(10-19-9-12)22-16(23)18(20-17(22)24)7-14(8-18)13-4-3-5-13/h6,9-10,13-14H,3-5,7-8,11H2,1-2H3,(H,20,24). The van der Waals surface area contributed by atoms with Gasteiger partial charge in [0.1, 0.15) is 5.54 Å². The summed E-state index contributed by atoms with van der Waals surface area (Å²) in [5.74, 6) is 1.26. The molecule has 1 aromatic heterocycles. The second-order valence-corrected chi connectivity index (χ2v) is 7.80. The van der Waals surface area contributed by atoms with Gasteiger partial charge in [-0.15, -0.1) is 0 Å². The summed E-state index contributed by atoms with van der Waals surface area (Å²) in [7, 11) is 3.95. The lowest BCUT2D eigenvalue weighted by molar-refractivity contribution is -0.128. The number of rotatable bonds is 4. The highest BCUT2D eigenvalue weighted by Crippen LogP contribution is 2.51. The molecular formula is C18H24N4O2. The molecule has 6 heteroatoms. The summed E-state index contributed by atoms with van der Waals surface area (Å²) in [4.78, 5) is 32.9. The zero-order chi connectivity index (χ0) is 16.9. The van der Waals surface area contributed by atoms with Gasteiger partial charge in [-0.05, 0) is 50.4 Å². The second-order valence-electron chi connectivity index (χ2n) is 7.80. The van der Waals surface area contributed by atoms with E-state index < -0.39 is 5.54 Å². The van der Waals surface area contributed by atoms with E-state index in [1.54, 1.807) is 12.4 Å². The van der Waals surface area contributed by atoms with Gasteiger partial charge in [0, 0.05) is 12.7 Å². The molecule has 1 N–H and O–H groups in total. The summed E-state index contributed by atoms with van der Waals surface area (Å²) in [6.45, 7) is 0.722. The lowest BCUT2D eigenvalue weighted by atomic mass is 9.58. The highest BCUT2D eigenvalue weighted by atomic mass is 16.2. The quantitative estimate of drug-likeness (QED) is 0.860. The van der Waals surface area contributed by atoms with E-state index in [1.807, 2.05) is 25.1 Å². The number of urea groups is 1. The molecule has 1 spiro atoms.